The molecule has 0 bridgehead atoms. The maximum Gasteiger partial charge on any atom is 0.301 e. The van der Waals surface area contributed by atoms with Crippen molar-refractivity contribution in [3.8, 4) is 0 Å². The van der Waals surface area contributed by atoms with Crippen molar-refractivity contribution in [2.75, 3.05) is 10.6 Å². The van der Waals surface area contributed by atoms with Crippen LogP contribution in [0.25, 0.3) is 16.0 Å². The number of nitrogens with zero attached hydrogens (tertiary/aromatic N) is 2. The molecule has 1 aliphatic heterocycles. The van der Waals surface area contributed by atoms with Crippen LogP contribution in [0.15, 0.2) is 58.5 Å². The molecular weight excluding hydrogens is 445 g/mol. The maximum atomic E-state index is 15.0. The van der Waals surface area contributed by atoms with Crippen LogP contribution in [-0.4, -0.2) is 21.8 Å². The predicted octanol–water partition coefficient (Wildman–Crippen LogP) is 4.85. The van der Waals surface area contributed by atoms with Crippen LogP contribution in [0.5, 0.6) is 0 Å². The Hall–Kier alpha value is -3.98. The van der Waals surface area contributed by atoms with Crippen LogP contribution in [-0.2, 0) is 9.59 Å². The first-order chi connectivity index (χ1) is 15.8. The first-order valence-electron chi connectivity index (χ1n) is 10.0. The molecule has 9 heteroatoms. The minimum Gasteiger partial charge on any atom is -0.507 e. The molecular formula is C24H18FN3O4S. The lowest BCUT2D eigenvalue weighted by Crippen LogP contribution is -2.29. The van der Waals surface area contributed by atoms with Gasteiger partial charge in [-0.25, -0.2) is 9.37 Å². The summed E-state index contributed by atoms with van der Waals surface area (Å²) in [5, 5.41) is 11.3. The first kappa shape index (κ1) is 20.9. The number of fused-ring (bicyclic) bond motifs is 1. The van der Waals surface area contributed by atoms with Gasteiger partial charge >= 0.3 is 5.91 Å². The van der Waals surface area contributed by atoms with E-state index in [4.69, 9.17) is 10.2 Å². The van der Waals surface area contributed by atoms with Crippen molar-refractivity contribution in [2.45, 2.75) is 19.9 Å². The Morgan fingerprint density at radius 2 is 1.94 bits per heavy atom. The smallest absolute Gasteiger partial charge is 0.301 e. The third-order valence-corrected chi connectivity index (χ3v) is 6.57. The molecule has 1 aliphatic rings. The van der Waals surface area contributed by atoms with E-state index in [1.807, 2.05) is 0 Å². The van der Waals surface area contributed by atoms with Crippen molar-refractivity contribution < 1.29 is 23.5 Å². The topological polar surface area (TPSA) is 110 Å². The van der Waals surface area contributed by atoms with Gasteiger partial charge in [0.25, 0.3) is 5.78 Å². The number of aryl methyl sites for hydroxylation is 2. The van der Waals surface area contributed by atoms with Crippen molar-refractivity contribution in [3.63, 3.8) is 0 Å². The molecule has 2 aromatic carbocycles. The van der Waals surface area contributed by atoms with Crippen molar-refractivity contribution in [3.05, 3.63) is 82.6 Å². The summed E-state index contributed by atoms with van der Waals surface area (Å²) in [6.45, 7) is 3.33. The van der Waals surface area contributed by atoms with Crippen LogP contribution in [0.1, 0.15) is 28.7 Å². The highest BCUT2D eigenvalue weighted by atomic mass is 32.1. The number of carbonyl (C=O) groups is 2. The Bertz CT molecular complexity index is 1490. The van der Waals surface area contributed by atoms with Crippen LogP contribution in [0.4, 0.5) is 15.2 Å². The summed E-state index contributed by atoms with van der Waals surface area (Å²) in [7, 11) is 0. The lowest BCUT2D eigenvalue weighted by atomic mass is 9.95. The molecule has 1 atom stereocenters. The number of rotatable bonds is 3. The average molecular weight is 463 g/mol. The number of hydrogen-bond acceptors (Lipinski definition) is 7. The van der Waals surface area contributed by atoms with Crippen molar-refractivity contribution in [1.29, 1.82) is 0 Å². The number of amides is 1. The zero-order valence-electron chi connectivity index (χ0n) is 17.6. The van der Waals surface area contributed by atoms with E-state index in [1.54, 1.807) is 44.2 Å². The fraction of sp³-hybridized carbons (Fsp3) is 0.125. The quantitative estimate of drug-likeness (QED) is 0.194. The van der Waals surface area contributed by atoms with E-state index in [-0.39, 0.29) is 21.8 Å². The van der Waals surface area contributed by atoms with Gasteiger partial charge in [0, 0.05) is 11.3 Å². The zero-order chi connectivity index (χ0) is 23.4. The fourth-order valence-corrected chi connectivity index (χ4v) is 5.10. The van der Waals surface area contributed by atoms with E-state index in [0.717, 1.165) is 16.2 Å². The number of furan rings is 1. The maximum absolute atomic E-state index is 15.0. The number of nitrogen functional groups attached to an aromatic ring is 1. The second-order valence-corrected chi connectivity index (χ2v) is 8.75. The second kappa shape index (κ2) is 7.56. The SMILES string of the molecule is Cc1cc(/C(O)=C2\C(=O)C(=O)N(c3nc4ccc(N)cc4s3)C2c2ccccc2F)c(C)o1. The van der Waals surface area contributed by atoms with Gasteiger partial charge in [0.1, 0.15) is 29.1 Å². The summed E-state index contributed by atoms with van der Waals surface area (Å²) in [6, 6.07) is 11.3. The van der Waals surface area contributed by atoms with E-state index in [2.05, 4.69) is 4.98 Å². The van der Waals surface area contributed by atoms with Crippen LogP contribution in [0, 0.1) is 19.7 Å². The highest BCUT2D eigenvalue weighted by Crippen LogP contribution is 2.45. The van der Waals surface area contributed by atoms with E-state index in [1.165, 1.54) is 18.2 Å². The molecule has 1 unspecified atom stereocenters. The number of nitrogens with two attached hydrogens (primary N) is 1. The molecule has 1 amide bonds. The molecule has 3 heterocycles. The monoisotopic (exact) mass is 463 g/mol. The van der Waals surface area contributed by atoms with Gasteiger partial charge in [0.15, 0.2) is 5.13 Å². The normalized spacial score (nSPS) is 17.9. The predicted molar refractivity (Wildman–Crippen MR) is 123 cm³/mol. The highest BCUT2D eigenvalue weighted by molar-refractivity contribution is 7.22. The number of thiazole rings is 1. The molecule has 1 fully saturated rings. The molecule has 3 N–H and O–H groups in total. The summed E-state index contributed by atoms with van der Waals surface area (Å²) in [5.41, 5.74) is 7.07. The Morgan fingerprint density at radius 3 is 2.64 bits per heavy atom. The Balaban J connectivity index is 1.77. The van der Waals surface area contributed by atoms with Crippen molar-refractivity contribution in [1.82, 2.24) is 4.98 Å². The number of benzene rings is 2. The largest absolute Gasteiger partial charge is 0.507 e. The Morgan fingerprint density at radius 1 is 1.18 bits per heavy atom. The van der Waals surface area contributed by atoms with Gasteiger partial charge in [-0.05, 0) is 44.2 Å². The minimum atomic E-state index is -1.21. The highest BCUT2D eigenvalue weighted by Gasteiger charge is 2.49. The molecule has 166 valence electrons. The number of aromatic nitrogens is 1. The Labute approximate surface area is 191 Å². The van der Waals surface area contributed by atoms with Gasteiger partial charge in [-0.1, -0.05) is 29.5 Å². The second-order valence-electron chi connectivity index (χ2n) is 7.74. The summed E-state index contributed by atoms with van der Waals surface area (Å²) in [4.78, 5) is 32.0. The molecule has 0 radical (unpaired) electrons. The lowest BCUT2D eigenvalue weighted by molar-refractivity contribution is -0.132. The van der Waals surface area contributed by atoms with Crippen LogP contribution in [0.2, 0.25) is 0 Å². The van der Waals surface area contributed by atoms with Gasteiger partial charge in [-0.2, -0.15) is 0 Å². The first-order valence-corrected chi connectivity index (χ1v) is 10.9. The number of anilines is 2. The number of halogens is 1. The molecule has 2 aromatic heterocycles. The zero-order valence-corrected chi connectivity index (χ0v) is 18.4. The third kappa shape index (κ3) is 3.28. The van der Waals surface area contributed by atoms with Crippen molar-refractivity contribution in [2.24, 2.45) is 0 Å². The molecule has 5 rings (SSSR count). The number of ketones is 1. The third-order valence-electron chi connectivity index (χ3n) is 5.55. The van der Waals surface area contributed by atoms with E-state index in [0.29, 0.717) is 27.4 Å². The molecule has 0 spiro atoms. The number of carbonyl (C=O) groups excluding carboxylic acids is 2. The average Bonchev–Trinajstić information content (AvgIpc) is 3.41. The van der Waals surface area contributed by atoms with E-state index < -0.39 is 29.3 Å². The van der Waals surface area contributed by atoms with Crippen LogP contribution < -0.4 is 10.6 Å². The van der Waals surface area contributed by atoms with E-state index >= 15 is 0 Å². The standard InChI is InChI=1S/C24H18FN3O4S/c1-11-9-15(12(2)32-11)21(29)19-20(14-5-3-4-6-16(14)25)28(23(31)22(19)30)24-27-17-8-7-13(26)10-18(17)33-24/h3-10,20,29H,26H2,1-2H3/b21-19+. The molecule has 4 aromatic rings. The number of Topliss-reactive ketones (excluding diaryl/α,β-unsaturated/α-hetero) is 1. The number of aliphatic hydroxyl groups excluding tert-OH is 1. The van der Waals surface area contributed by atoms with Gasteiger partial charge in [-0.3, -0.25) is 14.5 Å². The van der Waals surface area contributed by atoms with Gasteiger partial charge < -0.3 is 15.3 Å². The Kier molecular flexibility index (Phi) is 4.79. The number of hydrogen-bond donors (Lipinski definition) is 2. The van der Waals surface area contributed by atoms with Gasteiger partial charge in [-0.15, -0.1) is 0 Å². The molecule has 0 aliphatic carbocycles. The fourth-order valence-electron chi connectivity index (χ4n) is 4.06. The summed E-state index contributed by atoms with van der Waals surface area (Å²) < 4.78 is 21.2. The minimum absolute atomic E-state index is 0.0647. The number of aliphatic hydroxyl groups is 1. The van der Waals surface area contributed by atoms with Crippen LogP contribution >= 0.6 is 11.3 Å². The summed E-state index contributed by atoms with van der Waals surface area (Å²) in [6.07, 6.45) is 0. The summed E-state index contributed by atoms with van der Waals surface area (Å²) in [5.74, 6) is -1.99. The van der Waals surface area contributed by atoms with Crippen molar-refractivity contribution >= 4 is 49.8 Å². The van der Waals surface area contributed by atoms with Gasteiger partial charge in [0.05, 0.1) is 21.4 Å². The summed E-state index contributed by atoms with van der Waals surface area (Å²) >= 11 is 1.15. The molecule has 7 nitrogen and oxygen atoms in total. The van der Waals surface area contributed by atoms with Gasteiger partial charge in [0.2, 0.25) is 0 Å². The lowest BCUT2D eigenvalue weighted by Gasteiger charge is -2.23. The molecule has 1 saturated heterocycles. The van der Waals surface area contributed by atoms with E-state index in [9.17, 15) is 19.1 Å². The van der Waals surface area contributed by atoms with Crippen LogP contribution in [0.3, 0.4) is 0 Å². The molecule has 0 saturated carbocycles. The molecule has 33 heavy (non-hydrogen) atoms.